The highest BCUT2D eigenvalue weighted by molar-refractivity contribution is 5.66. The Morgan fingerprint density at radius 1 is 1.78 bits per heavy atom. The van der Waals surface area contributed by atoms with E-state index in [1.807, 2.05) is 0 Å². The van der Waals surface area contributed by atoms with Gasteiger partial charge in [0.2, 0.25) is 0 Å². The molecule has 0 unspecified atom stereocenters. The fraction of sp³-hybridized carbons (Fsp3) is 0. The van der Waals surface area contributed by atoms with Gasteiger partial charge in [-0.3, -0.25) is 0 Å². The van der Waals surface area contributed by atoms with Gasteiger partial charge in [0.25, 0.3) is 0 Å². The minimum absolute atomic E-state index is 0.155. The van der Waals surface area contributed by atoms with Crippen molar-refractivity contribution in [2.45, 2.75) is 0 Å². The van der Waals surface area contributed by atoms with Crippen LogP contribution in [0.1, 0.15) is 0 Å². The van der Waals surface area contributed by atoms with Crippen molar-refractivity contribution in [1.82, 2.24) is 9.78 Å². The van der Waals surface area contributed by atoms with Gasteiger partial charge in [-0.25, -0.2) is 4.79 Å². The first-order valence-electron chi connectivity index (χ1n) is 2.17. The Morgan fingerprint density at radius 2 is 2.44 bits per heavy atom. The Kier molecular flexibility index (Phi) is 1.11. The van der Waals surface area contributed by atoms with E-state index in [0.717, 1.165) is 12.4 Å². The predicted molar refractivity (Wildman–Crippen MR) is 27.3 cm³/mol. The van der Waals surface area contributed by atoms with Crippen LogP contribution in [0.2, 0.25) is 0 Å². The molecule has 1 rings (SSSR count). The van der Waals surface area contributed by atoms with Crippen molar-refractivity contribution < 1.29 is 15.0 Å². The molecule has 0 bridgehead atoms. The molecule has 0 radical (unpaired) electrons. The number of aromatic hydroxyl groups is 1. The molecule has 1 aromatic heterocycles. The average Bonchev–Trinajstić information content (AvgIpc) is 2.14. The van der Waals surface area contributed by atoms with Crippen molar-refractivity contribution >= 4 is 6.09 Å². The third kappa shape index (κ3) is 0.987. The van der Waals surface area contributed by atoms with Crippen molar-refractivity contribution in [2.24, 2.45) is 0 Å². The summed E-state index contributed by atoms with van der Waals surface area (Å²) in [6.45, 7) is 0. The van der Waals surface area contributed by atoms with E-state index in [0.29, 0.717) is 4.68 Å². The summed E-state index contributed by atoms with van der Waals surface area (Å²) in [6.07, 6.45) is 0.839. The van der Waals surface area contributed by atoms with Gasteiger partial charge in [0, 0.05) is 0 Å². The van der Waals surface area contributed by atoms with E-state index in [2.05, 4.69) is 5.10 Å². The second-order valence-electron chi connectivity index (χ2n) is 1.43. The summed E-state index contributed by atoms with van der Waals surface area (Å²) in [5, 5.41) is 20.0. The first-order chi connectivity index (χ1) is 4.20. The first-order valence-corrected chi connectivity index (χ1v) is 2.17. The van der Waals surface area contributed by atoms with Crippen LogP contribution in [0, 0.1) is 0 Å². The molecule has 0 aliphatic heterocycles. The van der Waals surface area contributed by atoms with E-state index in [4.69, 9.17) is 10.2 Å². The number of hydrogen-bond donors (Lipinski definition) is 2. The topological polar surface area (TPSA) is 75.3 Å². The monoisotopic (exact) mass is 128 g/mol. The maximum atomic E-state index is 10.0. The number of nitrogens with zero attached hydrogens (tertiary/aromatic N) is 2. The third-order valence-electron chi connectivity index (χ3n) is 0.765. The van der Waals surface area contributed by atoms with Gasteiger partial charge in [-0.1, -0.05) is 0 Å². The van der Waals surface area contributed by atoms with Crippen LogP contribution in [-0.4, -0.2) is 26.1 Å². The summed E-state index contributed by atoms with van der Waals surface area (Å²) in [4.78, 5) is 10.0. The average molecular weight is 128 g/mol. The molecule has 0 atom stereocenters. The zero-order chi connectivity index (χ0) is 6.85. The van der Waals surface area contributed by atoms with E-state index in [-0.39, 0.29) is 5.75 Å². The van der Waals surface area contributed by atoms with Gasteiger partial charge in [-0.15, -0.1) is 0 Å². The maximum absolute atomic E-state index is 10.0. The van der Waals surface area contributed by atoms with Gasteiger partial charge < -0.3 is 10.2 Å². The highest BCUT2D eigenvalue weighted by Crippen LogP contribution is 2.02. The summed E-state index contributed by atoms with van der Waals surface area (Å²) in [6, 6.07) is 0. The van der Waals surface area contributed by atoms with Crippen molar-refractivity contribution in [3.05, 3.63) is 12.4 Å². The number of carboxylic acid groups (broad SMARTS) is 1. The molecule has 0 aliphatic carbocycles. The largest absolute Gasteiger partial charge is 0.505 e. The second-order valence-corrected chi connectivity index (χ2v) is 1.43. The zero-order valence-corrected chi connectivity index (χ0v) is 4.35. The summed E-state index contributed by atoms with van der Waals surface area (Å²) >= 11 is 0. The third-order valence-corrected chi connectivity index (χ3v) is 0.765. The molecule has 0 saturated heterocycles. The lowest BCUT2D eigenvalue weighted by atomic mass is 10.7. The lowest BCUT2D eigenvalue weighted by molar-refractivity contribution is 0.192. The molecule has 0 fully saturated rings. The molecule has 5 heteroatoms. The minimum Gasteiger partial charge on any atom is -0.505 e. The van der Waals surface area contributed by atoms with Crippen LogP contribution in [0.15, 0.2) is 12.4 Å². The number of rotatable bonds is 0. The van der Waals surface area contributed by atoms with Crippen molar-refractivity contribution in [2.75, 3.05) is 0 Å². The normalized spacial score (nSPS) is 9.33. The van der Waals surface area contributed by atoms with Crippen LogP contribution in [0.4, 0.5) is 4.79 Å². The molecule has 0 spiro atoms. The predicted octanol–water partition coefficient (Wildman–Crippen LogP) is 0.115. The van der Waals surface area contributed by atoms with Gasteiger partial charge in [-0.2, -0.15) is 9.78 Å². The van der Waals surface area contributed by atoms with Crippen molar-refractivity contribution in [3.63, 3.8) is 0 Å². The van der Waals surface area contributed by atoms with Gasteiger partial charge in [0.15, 0.2) is 5.75 Å². The van der Waals surface area contributed by atoms with Crippen LogP contribution in [0.5, 0.6) is 5.75 Å². The van der Waals surface area contributed by atoms with E-state index in [9.17, 15) is 4.79 Å². The highest BCUT2D eigenvalue weighted by atomic mass is 16.4. The molecule has 1 aromatic rings. The standard InChI is InChI=1S/C4H4N2O3/c7-3-1-5-6(2-3)4(8)9/h1-2,7H,(H,8,9). The molecule has 5 nitrogen and oxygen atoms in total. The Balaban J connectivity index is 2.98. The molecule has 0 saturated carbocycles. The van der Waals surface area contributed by atoms with Crippen LogP contribution in [0.3, 0.4) is 0 Å². The lowest BCUT2D eigenvalue weighted by Gasteiger charge is -1.85. The molecule has 0 aliphatic rings. The number of hydrogen-bond acceptors (Lipinski definition) is 3. The molecule has 9 heavy (non-hydrogen) atoms. The molecule has 2 N–H and O–H groups in total. The van der Waals surface area contributed by atoms with Crippen molar-refractivity contribution in [3.8, 4) is 5.75 Å². The molecule has 1 heterocycles. The van der Waals surface area contributed by atoms with Crippen LogP contribution in [-0.2, 0) is 0 Å². The van der Waals surface area contributed by atoms with E-state index >= 15 is 0 Å². The summed E-state index contributed by atoms with van der Waals surface area (Å²) in [5.41, 5.74) is 0. The molecular formula is C4H4N2O3. The Hall–Kier alpha value is -1.52. The Bertz CT molecular complexity index is 229. The van der Waals surface area contributed by atoms with Crippen LogP contribution < -0.4 is 0 Å². The molecule has 0 aromatic carbocycles. The highest BCUT2D eigenvalue weighted by Gasteiger charge is 2.00. The summed E-state index contributed by atoms with van der Waals surface area (Å²) in [5.74, 6) is -0.155. The summed E-state index contributed by atoms with van der Waals surface area (Å²) in [7, 11) is 0. The van der Waals surface area contributed by atoms with E-state index in [1.54, 1.807) is 0 Å². The first kappa shape index (κ1) is 5.61. The molecule has 48 valence electrons. The fourth-order valence-electron chi connectivity index (χ4n) is 0.418. The summed E-state index contributed by atoms with van der Waals surface area (Å²) < 4.78 is 0.620. The zero-order valence-electron chi connectivity index (χ0n) is 4.35. The Morgan fingerprint density at radius 3 is 2.67 bits per heavy atom. The van der Waals surface area contributed by atoms with Crippen LogP contribution >= 0.6 is 0 Å². The quantitative estimate of drug-likeness (QED) is 0.520. The lowest BCUT2D eigenvalue weighted by Crippen LogP contribution is -2.07. The maximum Gasteiger partial charge on any atom is 0.432 e. The van der Waals surface area contributed by atoms with Gasteiger partial charge in [0.05, 0.1) is 12.4 Å². The van der Waals surface area contributed by atoms with Gasteiger partial charge in [-0.05, 0) is 0 Å². The van der Waals surface area contributed by atoms with Crippen LogP contribution in [0.25, 0.3) is 0 Å². The number of carbonyl (C=O) groups is 1. The van der Waals surface area contributed by atoms with E-state index < -0.39 is 6.09 Å². The smallest absolute Gasteiger partial charge is 0.432 e. The minimum atomic E-state index is -1.21. The van der Waals surface area contributed by atoms with Gasteiger partial charge in [0.1, 0.15) is 0 Å². The molecule has 0 amide bonds. The van der Waals surface area contributed by atoms with E-state index in [1.165, 1.54) is 0 Å². The number of aromatic nitrogens is 2. The van der Waals surface area contributed by atoms with Crippen molar-refractivity contribution in [1.29, 1.82) is 0 Å². The fourth-order valence-corrected chi connectivity index (χ4v) is 0.418. The second kappa shape index (κ2) is 1.77. The SMILES string of the molecule is O=C(O)n1cc(O)cn1. The molecular weight excluding hydrogens is 124 g/mol. The Labute approximate surface area is 50.2 Å². The van der Waals surface area contributed by atoms with Gasteiger partial charge >= 0.3 is 6.09 Å².